The lowest BCUT2D eigenvalue weighted by Crippen LogP contribution is -2.41. The van der Waals surface area contributed by atoms with Gasteiger partial charge in [0.25, 0.3) is 11.8 Å². The molecule has 7 nitrogen and oxygen atoms in total. The highest BCUT2D eigenvalue weighted by atomic mass is 16.5. The first kappa shape index (κ1) is 24.9. The van der Waals surface area contributed by atoms with Gasteiger partial charge >= 0.3 is 0 Å². The van der Waals surface area contributed by atoms with Crippen LogP contribution in [0.3, 0.4) is 0 Å². The van der Waals surface area contributed by atoms with Gasteiger partial charge in [-0.25, -0.2) is 0 Å². The first-order valence-corrected chi connectivity index (χ1v) is 12.4. The number of aryl methyl sites for hydroxylation is 1. The number of hydrogen-bond donors (Lipinski definition) is 2. The zero-order chi connectivity index (χ0) is 25.0. The van der Waals surface area contributed by atoms with E-state index in [1.54, 1.807) is 0 Å². The number of anilines is 1. The molecule has 0 aliphatic carbocycles. The Hall–Kier alpha value is -3.16. The minimum absolute atomic E-state index is 0.0407. The van der Waals surface area contributed by atoms with Gasteiger partial charge in [-0.3, -0.25) is 14.5 Å². The van der Waals surface area contributed by atoms with Crippen molar-refractivity contribution in [2.45, 2.75) is 39.7 Å². The number of aromatic nitrogens is 1. The van der Waals surface area contributed by atoms with Crippen molar-refractivity contribution in [1.29, 1.82) is 0 Å². The third kappa shape index (κ3) is 5.92. The van der Waals surface area contributed by atoms with Crippen molar-refractivity contribution in [2.75, 3.05) is 44.7 Å². The van der Waals surface area contributed by atoms with Gasteiger partial charge in [0.1, 0.15) is 5.69 Å². The largest absolute Gasteiger partial charge is 0.379 e. The fourth-order valence-electron chi connectivity index (χ4n) is 4.45. The SMILES string of the molecule is CCn1c(C(=O)NCCN2CCOCC2)cc2cc(NC(=O)c3ccc(C(C)(C)C)cc3)ccc21. The summed E-state index contributed by atoms with van der Waals surface area (Å²) < 4.78 is 7.39. The fourth-order valence-corrected chi connectivity index (χ4v) is 4.45. The predicted molar refractivity (Wildman–Crippen MR) is 140 cm³/mol. The van der Waals surface area contributed by atoms with Gasteiger partial charge in [-0.2, -0.15) is 0 Å². The average molecular weight is 477 g/mol. The van der Waals surface area contributed by atoms with Crippen molar-refractivity contribution < 1.29 is 14.3 Å². The summed E-state index contributed by atoms with van der Waals surface area (Å²) in [5.41, 5.74) is 4.15. The van der Waals surface area contributed by atoms with Crippen LogP contribution in [-0.4, -0.2) is 60.7 Å². The lowest BCUT2D eigenvalue weighted by atomic mass is 9.87. The Labute approximate surface area is 207 Å². The van der Waals surface area contributed by atoms with Gasteiger partial charge in [0, 0.05) is 54.9 Å². The van der Waals surface area contributed by atoms with E-state index < -0.39 is 0 Å². The number of benzene rings is 2. The van der Waals surface area contributed by atoms with E-state index in [0.29, 0.717) is 30.0 Å². The number of rotatable bonds is 7. The van der Waals surface area contributed by atoms with E-state index in [1.807, 2.05) is 60.0 Å². The van der Waals surface area contributed by atoms with E-state index in [9.17, 15) is 9.59 Å². The van der Waals surface area contributed by atoms with Crippen molar-refractivity contribution in [3.8, 4) is 0 Å². The molecule has 2 heterocycles. The summed E-state index contributed by atoms with van der Waals surface area (Å²) in [6.45, 7) is 13.9. The van der Waals surface area contributed by atoms with Crippen molar-refractivity contribution in [1.82, 2.24) is 14.8 Å². The molecular formula is C28H36N4O3. The Bertz CT molecular complexity index is 1190. The molecule has 0 unspecified atom stereocenters. The second-order valence-electron chi connectivity index (χ2n) is 10.0. The summed E-state index contributed by atoms with van der Waals surface area (Å²) in [6.07, 6.45) is 0. The van der Waals surface area contributed by atoms with Gasteiger partial charge in [-0.05, 0) is 54.3 Å². The van der Waals surface area contributed by atoms with E-state index in [-0.39, 0.29) is 17.2 Å². The topological polar surface area (TPSA) is 75.6 Å². The minimum atomic E-state index is -0.152. The molecule has 1 aromatic heterocycles. The number of nitrogens with zero attached hydrogens (tertiary/aromatic N) is 2. The molecule has 2 aromatic carbocycles. The maximum atomic E-state index is 12.9. The van der Waals surface area contributed by atoms with Crippen molar-refractivity contribution in [2.24, 2.45) is 0 Å². The average Bonchev–Trinajstić information content (AvgIpc) is 3.22. The van der Waals surface area contributed by atoms with Crippen LogP contribution in [0.25, 0.3) is 10.9 Å². The van der Waals surface area contributed by atoms with E-state index in [0.717, 1.165) is 43.8 Å². The number of hydrogen-bond acceptors (Lipinski definition) is 4. The lowest BCUT2D eigenvalue weighted by Gasteiger charge is -2.26. The van der Waals surface area contributed by atoms with Crippen LogP contribution in [0.5, 0.6) is 0 Å². The zero-order valence-corrected chi connectivity index (χ0v) is 21.2. The highest BCUT2D eigenvalue weighted by Gasteiger charge is 2.17. The molecule has 2 N–H and O–H groups in total. The molecule has 0 atom stereocenters. The highest BCUT2D eigenvalue weighted by molar-refractivity contribution is 6.06. The Balaban J connectivity index is 1.44. The molecule has 1 fully saturated rings. The maximum Gasteiger partial charge on any atom is 0.267 e. The van der Waals surface area contributed by atoms with Gasteiger partial charge in [-0.1, -0.05) is 32.9 Å². The molecule has 0 radical (unpaired) electrons. The summed E-state index contributed by atoms with van der Waals surface area (Å²) in [5, 5.41) is 6.97. The summed E-state index contributed by atoms with van der Waals surface area (Å²) in [7, 11) is 0. The quantitative estimate of drug-likeness (QED) is 0.534. The summed E-state index contributed by atoms with van der Waals surface area (Å²) in [6, 6.07) is 15.4. The predicted octanol–water partition coefficient (Wildman–Crippen LogP) is 4.27. The lowest BCUT2D eigenvalue weighted by molar-refractivity contribution is 0.0383. The molecule has 1 aliphatic heterocycles. The van der Waals surface area contributed by atoms with Crippen LogP contribution >= 0.6 is 0 Å². The summed E-state index contributed by atoms with van der Waals surface area (Å²) >= 11 is 0. The molecule has 1 saturated heterocycles. The Morgan fingerprint density at radius 1 is 0.971 bits per heavy atom. The molecule has 1 aliphatic rings. The first-order valence-electron chi connectivity index (χ1n) is 12.4. The second kappa shape index (κ2) is 10.6. The van der Waals surface area contributed by atoms with Gasteiger partial charge in [-0.15, -0.1) is 0 Å². The van der Waals surface area contributed by atoms with Crippen LogP contribution in [0.2, 0.25) is 0 Å². The third-order valence-electron chi connectivity index (χ3n) is 6.54. The summed E-state index contributed by atoms with van der Waals surface area (Å²) in [5.74, 6) is -0.235. The van der Waals surface area contributed by atoms with Crippen LogP contribution in [0, 0.1) is 0 Å². The standard InChI is InChI=1S/C28H36N4O3/c1-5-32-24-11-10-23(30-26(33)20-6-8-22(9-7-20)28(2,3)4)18-21(24)19-25(32)27(34)29-12-13-31-14-16-35-17-15-31/h6-11,18-19H,5,12-17H2,1-4H3,(H,29,34)(H,30,33). The van der Waals surface area contributed by atoms with E-state index in [4.69, 9.17) is 4.74 Å². The summed E-state index contributed by atoms with van der Waals surface area (Å²) in [4.78, 5) is 28.0. The molecular weight excluding hydrogens is 440 g/mol. The highest BCUT2D eigenvalue weighted by Crippen LogP contribution is 2.25. The monoisotopic (exact) mass is 476 g/mol. The van der Waals surface area contributed by atoms with Crippen LogP contribution in [-0.2, 0) is 16.7 Å². The number of fused-ring (bicyclic) bond motifs is 1. The molecule has 0 spiro atoms. The number of carbonyl (C=O) groups excluding carboxylic acids is 2. The van der Waals surface area contributed by atoms with Gasteiger partial charge in [0.2, 0.25) is 0 Å². The van der Waals surface area contributed by atoms with Crippen LogP contribution in [0.15, 0.2) is 48.5 Å². The molecule has 7 heteroatoms. The molecule has 3 aromatic rings. The van der Waals surface area contributed by atoms with Crippen LogP contribution in [0.1, 0.15) is 54.1 Å². The smallest absolute Gasteiger partial charge is 0.267 e. The molecule has 0 bridgehead atoms. The van der Waals surface area contributed by atoms with Gasteiger partial charge in [0.15, 0.2) is 0 Å². The van der Waals surface area contributed by atoms with Gasteiger partial charge in [0.05, 0.1) is 13.2 Å². The molecule has 4 rings (SSSR count). The normalized spacial score (nSPS) is 14.7. The van der Waals surface area contributed by atoms with E-state index >= 15 is 0 Å². The Kier molecular flexibility index (Phi) is 7.57. The van der Waals surface area contributed by atoms with Crippen molar-refractivity contribution in [3.05, 3.63) is 65.4 Å². The Morgan fingerprint density at radius 3 is 2.34 bits per heavy atom. The number of nitrogens with one attached hydrogen (secondary N) is 2. The molecule has 2 amide bonds. The first-order chi connectivity index (χ1) is 16.8. The number of carbonyl (C=O) groups is 2. The second-order valence-corrected chi connectivity index (χ2v) is 10.0. The zero-order valence-electron chi connectivity index (χ0n) is 21.2. The number of amides is 2. The third-order valence-corrected chi connectivity index (χ3v) is 6.54. The fraction of sp³-hybridized carbons (Fsp3) is 0.429. The van der Waals surface area contributed by atoms with Crippen LogP contribution < -0.4 is 10.6 Å². The molecule has 186 valence electrons. The Morgan fingerprint density at radius 2 is 1.69 bits per heavy atom. The maximum absolute atomic E-state index is 12.9. The van der Waals surface area contributed by atoms with Gasteiger partial charge < -0.3 is 19.9 Å². The van der Waals surface area contributed by atoms with Crippen molar-refractivity contribution >= 4 is 28.4 Å². The number of morpholine rings is 1. The molecule has 35 heavy (non-hydrogen) atoms. The minimum Gasteiger partial charge on any atom is -0.379 e. The van der Waals surface area contributed by atoms with Crippen molar-refractivity contribution in [3.63, 3.8) is 0 Å². The number of ether oxygens (including phenoxy) is 1. The van der Waals surface area contributed by atoms with E-state index in [2.05, 4.69) is 36.3 Å². The van der Waals surface area contributed by atoms with E-state index in [1.165, 1.54) is 5.56 Å². The molecule has 0 saturated carbocycles. The van der Waals surface area contributed by atoms with Crippen LogP contribution in [0.4, 0.5) is 5.69 Å².